The molecule has 0 atom stereocenters. The van der Waals surface area contributed by atoms with Crippen molar-refractivity contribution in [3.63, 3.8) is 0 Å². The number of hydrogen-bond acceptors (Lipinski definition) is 0. The van der Waals surface area contributed by atoms with Crippen molar-refractivity contribution in [1.82, 2.24) is 0 Å². The number of hydrogen-bond donors (Lipinski definition) is 0. The second kappa shape index (κ2) is 18.2. The molecule has 0 aliphatic heterocycles. The van der Waals surface area contributed by atoms with Gasteiger partial charge in [0.05, 0.1) is 0 Å². The van der Waals surface area contributed by atoms with Crippen molar-refractivity contribution in [3.8, 4) is 0 Å². The van der Waals surface area contributed by atoms with Gasteiger partial charge in [0.1, 0.15) is 0 Å². The molecule has 0 aromatic carbocycles. The van der Waals surface area contributed by atoms with Crippen molar-refractivity contribution in [3.05, 3.63) is 61.3 Å². The molecule has 0 nitrogen and oxygen atoms in total. The minimum atomic E-state index is 0. The number of halogens is 1. The summed E-state index contributed by atoms with van der Waals surface area (Å²) in [4.78, 5) is 0. The van der Waals surface area contributed by atoms with E-state index in [1.54, 1.807) is 6.08 Å². The van der Waals surface area contributed by atoms with Crippen LogP contribution in [-0.4, -0.2) is 0 Å². The summed E-state index contributed by atoms with van der Waals surface area (Å²) in [5, 5.41) is 0. The third-order valence-corrected chi connectivity index (χ3v) is 1.56. The van der Waals surface area contributed by atoms with Crippen molar-refractivity contribution in [2.45, 2.75) is 26.7 Å². The summed E-state index contributed by atoms with van der Waals surface area (Å²) in [6.07, 6.45) is 21.7. The molecule has 0 spiro atoms. The summed E-state index contributed by atoms with van der Waals surface area (Å²) >= 11 is 0. The van der Waals surface area contributed by atoms with Crippen LogP contribution in [0.4, 0.5) is 0 Å². The van der Waals surface area contributed by atoms with Crippen molar-refractivity contribution in [1.29, 1.82) is 0 Å². The van der Waals surface area contributed by atoms with Gasteiger partial charge in [0.2, 0.25) is 0 Å². The molecule has 2 aliphatic carbocycles. The van der Waals surface area contributed by atoms with E-state index < -0.39 is 0 Å². The zero-order valence-corrected chi connectivity index (χ0v) is 13.7. The van der Waals surface area contributed by atoms with Crippen LogP contribution in [-0.2, 0) is 26.2 Å². The SMILES string of the molecule is [C-]1=CC=CC1.[C-]1=CC=CC1.[CH-]=CC(C)C.[Cl-].[Zr+4]. The van der Waals surface area contributed by atoms with Gasteiger partial charge in [0.25, 0.3) is 0 Å². The van der Waals surface area contributed by atoms with E-state index in [4.69, 9.17) is 6.58 Å². The van der Waals surface area contributed by atoms with Gasteiger partial charge < -0.3 is 19.0 Å². The molecule has 0 amide bonds. The van der Waals surface area contributed by atoms with Crippen LogP contribution in [0.15, 0.2) is 42.5 Å². The van der Waals surface area contributed by atoms with Crippen molar-refractivity contribution in [2.75, 3.05) is 0 Å². The zero-order valence-electron chi connectivity index (χ0n) is 10.5. The molecule has 0 radical (unpaired) electrons. The minimum Gasteiger partial charge on any atom is -1.00 e. The van der Waals surface area contributed by atoms with E-state index in [0.717, 1.165) is 12.8 Å². The quantitative estimate of drug-likeness (QED) is 0.636. The molecule has 0 heterocycles. The number of allylic oxidation sites excluding steroid dienone is 9. The normalized spacial score (nSPS) is 12.9. The predicted molar refractivity (Wildman–Crippen MR) is 66.8 cm³/mol. The van der Waals surface area contributed by atoms with Crippen LogP contribution in [0.2, 0.25) is 0 Å². The Kier molecular flexibility index (Phi) is 23.7. The largest absolute Gasteiger partial charge is 4.00 e. The van der Waals surface area contributed by atoms with Crippen LogP contribution in [0.25, 0.3) is 0 Å². The first kappa shape index (κ1) is 22.1. The fourth-order valence-corrected chi connectivity index (χ4v) is 0.680. The zero-order chi connectivity index (χ0) is 11.4. The van der Waals surface area contributed by atoms with Crippen molar-refractivity contribution in [2.24, 2.45) is 5.92 Å². The first-order chi connectivity index (χ1) is 7.27. The van der Waals surface area contributed by atoms with Gasteiger partial charge >= 0.3 is 26.2 Å². The third kappa shape index (κ3) is 21.7. The maximum atomic E-state index is 5.05. The van der Waals surface area contributed by atoms with Gasteiger partial charge in [-0.05, 0) is 0 Å². The minimum absolute atomic E-state index is 0. The van der Waals surface area contributed by atoms with Gasteiger partial charge in [-0.3, -0.25) is 18.2 Å². The van der Waals surface area contributed by atoms with Gasteiger partial charge in [-0.1, -0.05) is 19.8 Å². The Morgan fingerprint density at radius 3 is 1.47 bits per heavy atom. The van der Waals surface area contributed by atoms with Gasteiger partial charge in [0, 0.05) is 0 Å². The summed E-state index contributed by atoms with van der Waals surface area (Å²) in [6, 6.07) is 0. The van der Waals surface area contributed by atoms with E-state index in [2.05, 4.69) is 24.3 Å². The third-order valence-electron chi connectivity index (χ3n) is 1.56. The molecule has 0 aromatic heterocycles. The maximum absolute atomic E-state index is 5.05. The van der Waals surface area contributed by atoms with Crippen LogP contribution in [0.3, 0.4) is 0 Å². The van der Waals surface area contributed by atoms with Crippen LogP contribution >= 0.6 is 0 Å². The molecule has 0 aromatic rings. The Morgan fingerprint density at radius 2 is 1.41 bits per heavy atom. The Balaban J connectivity index is -0.000000163. The standard InChI is InChI=1S/2C5H5.C5H9.ClH.Zr/c2*1-2-4-5-3-1;1-4-5(2)3;;/h2*1-3H,4H2;1,4-5H,2-3H3;1H;/q3*-1;;+4/p-1. The second-order valence-corrected chi connectivity index (χ2v) is 3.44. The molecule has 0 saturated carbocycles. The smallest absolute Gasteiger partial charge is 1.00 e. The summed E-state index contributed by atoms with van der Waals surface area (Å²) < 4.78 is 0. The van der Waals surface area contributed by atoms with E-state index in [9.17, 15) is 0 Å². The molecular formula is C15H19ClZr. The second-order valence-electron chi connectivity index (χ2n) is 3.44. The fourth-order valence-electron chi connectivity index (χ4n) is 0.680. The van der Waals surface area contributed by atoms with E-state index in [0.29, 0.717) is 5.92 Å². The summed E-state index contributed by atoms with van der Waals surface area (Å²) in [6.45, 7) is 9.13. The Morgan fingerprint density at radius 1 is 1.06 bits per heavy atom. The molecule has 90 valence electrons. The maximum Gasteiger partial charge on any atom is 4.00 e. The summed E-state index contributed by atoms with van der Waals surface area (Å²) in [7, 11) is 0. The summed E-state index contributed by atoms with van der Waals surface area (Å²) in [5.74, 6) is 0.537. The van der Waals surface area contributed by atoms with Gasteiger partial charge in [-0.15, -0.1) is 12.8 Å². The molecule has 2 rings (SSSR count). The first-order valence-electron chi connectivity index (χ1n) is 5.26. The average Bonchev–Trinajstić information content (AvgIpc) is 2.96. The van der Waals surface area contributed by atoms with Gasteiger partial charge in [0.15, 0.2) is 0 Å². The van der Waals surface area contributed by atoms with Crippen molar-refractivity contribution >= 4 is 0 Å². The van der Waals surface area contributed by atoms with Gasteiger partial charge in [-0.2, -0.15) is 12.2 Å². The molecule has 0 unspecified atom stereocenters. The Labute approximate surface area is 132 Å². The van der Waals surface area contributed by atoms with E-state index in [-0.39, 0.29) is 38.6 Å². The van der Waals surface area contributed by atoms with E-state index in [1.165, 1.54) is 0 Å². The van der Waals surface area contributed by atoms with E-state index in [1.807, 2.05) is 38.2 Å². The Hall–Kier alpha value is -0.127. The van der Waals surface area contributed by atoms with Crippen LogP contribution in [0, 0.1) is 24.6 Å². The predicted octanol–water partition coefficient (Wildman–Crippen LogP) is 1.24. The fraction of sp³-hybridized carbons (Fsp3) is 0.333. The Bertz CT molecular complexity index is 218. The van der Waals surface area contributed by atoms with Crippen LogP contribution in [0.5, 0.6) is 0 Å². The summed E-state index contributed by atoms with van der Waals surface area (Å²) in [5.41, 5.74) is 0. The molecule has 2 heteroatoms. The molecule has 0 bridgehead atoms. The number of rotatable bonds is 1. The van der Waals surface area contributed by atoms with Crippen LogP contribution < -0.4 is 12.4 Å². The molecule has 17 heavy (non-hydrogen) atoms. The molecule has 2 aliphatic rings. The molecular weight excluding hydrogens is 307 g/mol. The monoisotopic (exact) mass is 324 g/mol. The molecule has 0 saturated heterocycles. The van der Waals surface area contributed by atoms with E-state index >= 15 is 0 Å². The topological polar surface area (TPSA) is 0 Å². The molecule has 0 N–H and O–H groups in total. The van der Waals surface area contributed by atoms with Gasteiger partial charge in [-0.25, -0.2) is 24.3 Å². The van der Waals surface area contributed by atoms with Crippen LogP contribution in [0.1, 0.15) is 26.7 Å². The first-order valence-corrected chi connectivity index (χ1v) is 5.26. The average molecular weight is 326 g/mol. The molecule has 0 fully saturated rings. The van der Waals surface area contributed by atoms with Crippen molar-refractivity contribution < 1.29 is 38.6 Å².